The first-order valence-corrected chi connectivity index (χ1v) is 8.65. The van der Waals surface area contributed by atoms with E-state index in [1.165, 1.54) is 18.3 Å². The highest BCUT2D eigenvalue weighted by Gasteiger charge is 2.30. The van der Waals surface area contributed by atoms with Gasteiger partial charge in [-0.2, -0.15) is 13.2 Å². The second kappa shape index (κ2) is 9.68. The van der Waals surface area contributed by atoms with Crippen LogP contribution >= 0.6 is 0 Å². The van der Waals surface area contributed by atoms with E-state index in [9.17, 15) is 18.0 Å². The van der Waals surface area contributed by atoms with E-state index in [4.69, 9.17) is 10.8 Å². The van der Waals surface area contributed by atoms with E-state index in [2.05, 4.69) is 9.98 Å². The number of alkyl halides is 3. The van der Waals surface area contributed by atoms with Crippen molar-refractivity contribution in [2.45, 2.75) is 25.9 Å². The van der Waals surface area contributed by atoms with E-state index in [1.54, 1.807) is 37.3 Å². The number of carbonyl (C=O) groups excluding carboxylic acids is 1. The average molecular weight is 400 g/mol. The Hall–Kier alpha value is -3.42. The molecule has 0 atom stereocenters. The van der Waals surface area contributed by atoms with Crippen LogP contribution in [0.3, 0.4) is 0 Å². The van der Waals surface area contributed by atoms with E-state index in [1.807, 2.05) is 0 Å². The van der Waals surface area contributed by atoms with Crippen molar-refractivity contribution >= 4 is 40.5 Å². The SMILES string of the molecule is CC(=N)CC(=Nc1ccccc1)C(=N)C(=O)CC=Nc1cccc(C(F)(F)F)c1. The van der Waals surface area contributed by atoms with Crippen LogP contribution in [-0.4, -0.2) is 29.1 Å². The van der Waals surface area contributed by atoms with E-state index < -0.39 is 17.5 Å². The number of carbonyl (C=O) groups is 1. The topological polar surface area (TPSA) is 89.5 Å². The summed E-state index contributed by atoms with van der Waals surface area (Å²) in [6.07, 6.45) is -3.52. The van der Waals surface area contributed by atoms with Gasteiger partial charge in [-0.05, 0) is 37.3 Å². The summed E-state index contributed by atoms with van der Waals surface area (Å²) in [6, 6.07) is 13.2. The zero-order valence-electron chi connectivity index (χ0n) is 15.6. The van der Waals surface area contributed by atoms with Crippen molar-refractivity contribution in [3.05, 3.63) is 60.2 Å². The lowest BCUT2D eigenvalue weighted by Gasteiger charge is -2.07. The van der Waals surface area contributed by atoms with Gasteiger partial charge in [0.15, 0.2) is 5.78 Å². The zero-order valence-corrected chi connectivity index (χ0v) is 15.6. The molecule has 2 rings (SSSR count). The molecule has 0 aliphatic heterocycles. The third kappa shape index (κ3) is 6.91. The van der Waals surface area contributed by atoms with Crippen molar-refractivity contribution in [2.75, 3.05) is 0 Å². The Morgan fingerprint density at radius 2 is 1.69 bits per heavy atom. The number of Topliss-reactive ketones (excluding diaryl/α,β-unsaturated/α-hetero) is 1. The summed E-state index contributed by atoms with van der Waals surface area (Å²) < 4.78 is 38.2. The van der Waals surface area contributed by atoms with Gasteiger partial charge in [-0.3, -0.25) is 20.2 Å². The third-order valence-electron chi connectivity index (χ3n) is 3.71. The van der Waals surface area contributed by atoms with Crippen molar-refractivity contribution in [1.29, 1.82) is 10.8 Å². The molecule has 0 amide bonds. The summed E-state index contributed by atoms with van der Waals surface area (Å²) in [5.41, 5.74) is -0.163. The highest BCUT2D eigenvalue weighted by Crippen LogP contribution is 2.31. The standard InChI is InChI=1S/C21H19F3N4O/c1-14(25)12-18(28-16-7-3-2-4-8-16)20(26)19(29)10-11-27-17-9-5-6-15(13-17)21(22,23)24/h2-9,11,13,25-26H,10,12H2,1H3. The Labute approximate surface area is 166 Å². The molecule has 5 nitrogen and oxygen atoms in total. The lowest BCUT2D eigenvalue weighted by molar-refractivity contribution is -0.137. The summed E-state index contributed by atoms with van der Waals surface area (Å²) in [4.78, 5) is 20.5. The highest BCUT2D eigenvalue weighted by atomic mass is 19.4. The molecule has 0 heterocycles. The van der Waals surface area contributed by atoms with Crippen LogP contribution < -0.4 is 0 Å². The third-order valence-corrected chi connectivity index (χ3v) is 3.71. The van der Waals surface area contributed by atoms with Crippen molar-refractivity contribution in [3.8, 4) is 0 Å². The van der Waals surface area contributed by atoms with E-state index >= 15 is 0 Å². The van der Waals surface area contributed by atoms with Gasteiger partial charge in [-0.25, -0.2) is 0 Å². The molecule has 0 spiro atoms. The van der Waals surface area contributed by atoms with Crippen molar-refractivity contribution < 1.29 is 18.0 Å². The summed E-state index contributed by atoms with van der Waals surface area (Å²) in [5, 5.41) is 15.7. The minimum absolute atomic E-state index is 0.0459. The van der Waals surface area contributed by atoms with Crippen molar-refractivity contribution in [3.63, 3.8) is 0 Å². The number of halogens is 3. The number of hydrogen-bond donors (Lipinski definition) is 2. The summed E-state index contributed by atoms with van der Waals surface area (Å²) in [5.74, 6) is -0.586. The normalized spacial score (nSPS) is 12.2. The average Bonchev–Trinajstić information content (AvgIpc) is 2.67. The molecule has 0 saturated heterocycles. The predicted octanol–water partition coefficient (Wildman–Crippen LogP) is 5.59. The van der Waals surface area contributed by atoms with Crippen LogP contribution in [0, 0.1) is 10.8 Å². The number of nitrogens with one attached hydrogen (secondary N) is 2. The second-order valence-electron chi connectivity index (χ2n) is 6.21. The molecule has 0 bridgehead atoms. The zero-order chi connectivity index (χ0) is 21.4. The van der Waals surface area contributed by atoms with Crippen LogP contribution in [-0.2, 0) is 11.0 Å². The number of nitrogens with zero attached hydrogens (tertiary/aromatic N) is 2. The molecular formula is C21H19F3N4O. The van der Waals surface area contributed by atoms with Gasteiger partial charge in [-0.15, -0.1) is 0 Å². The second-order valence-corrected chi connectivity index (χ2v) is 6.21. The number of benzene rings is 2. The molecular weight excluding hydrogens is 381 g/mol. The molecule has 0 fully saturated rings. The molecule has 0 aliphatic carbocycles. The lowest BCUT2D eigenvalue weighted by atomic mass is 10.0. The fourth-order valence-corrected chi connectivity index (χ4v) is 2.35. The molecule has 0 radical (unpaired) electrons. The molecule has 2 N–H and O–H groups in total. The Morgan fingerprint density at radius 1 is 1.03 bits per heavy atom. The largest absolute Gasteiger partial charge is 0.416 e. The number of rotatable bonds is 8. The number of aliphatic imine (C=N–C) groups is 2. The monoisotopic (exact) mass is 400 g/mol. The fourth-order valence-electron chi connectivity index (χ4n) is 2.35. The number of ketones is 1. The Kier molecular flexibility index (Phi) is 7.30. The van der Waals surface area contributed by atoms with Gasteiger partial charge in [-0.1, -0.05) is 24.3 Å². The summed E-state index contributed by atoms with van der Waals surface area (Å²) >= 11 is 0. The first-order chi connectivity index (χ1) is 13.7. The van der Waals surface area contributed by atoms with Crippen LogP contribution in [0.2, 0.25) is 0 Å². The van der Waals surface area contributed by atoms with Crippen molar-refractivity contribution in [1.82, 2.24) is 0 Å². The molecule has 0 aromatic heterocycles. The molecule has 8 heteroatoms. The first kappa shape index (κ1) is 21.9. The van der Waals surface area contributed by atoms with Gasteiger partial charge in [0, 0.05) is 24.8 Å². The van der Waals surface area contributed by atoms with Crippen LogP contribution in [0.15, 0.2) is 64.6 Å². The minimum Gasteiger partial charge on any atom is -0.310 e. The Morgan fingerprint density at radius 3 is 2.31 bits per heavy atom. The molecule has 0 aliphatic rings. The van der Waals surface area contributed by atoms with Gasteiger partial charge < -0.3 is 5.41 Å². The Bertz CT molecular complexity index is 963. The first-order valence-electron chi connectivity index (χ1n) is 8.65. The molecule has 0 saturated carbocycles. The van der Waals surface area contributed by atoms with Crippen LogP contribution in [0.1, 0.15) is 25.3 Å². The maximum atomic E-state index is 12.7. The maximum Gasteiger partial charge on any atom is 0.416 e. The van der Waals surface area contributed by atoms with Gasteiger partial charge >= 0.3 is 6.18 Å². The van der Waals surface area contributed by atoms with E-state index in [0.717, 1.165) is 12.1 Å². The summed E-state index contributed by atoms with van der Waals surface area (Å²) in [6.45, 7) is 1.55. The summed E-state index contributed by atoms with van der Waals surface area (Å²) in [7, 11) is 0. The fraction of sp³-hybridized carbons (Fsp3) is 0.190. The Balaban J connectivity index is 2.12. The molecule has 150 valence electrons. The van der Waals surface area contributed by atoms with Gasteiger partial charge in [0.1, 0.15) is 5.71 Å². The predicted molar refractivity (Wildman–Crippen MR) is 109 cm³/mol. The molecule has 2 aromatic rings. The molecule has 29 heavy (non-hydrogen) atoms. The number of para-hydroxylation sites is 1. The van der Waals surface area contributed by atoms with E-state index in [0.29, 0.717) is 5.69 Å². The van der Waals surface area contributed by atoms with Crippen LogP contribution in [0.25, 0.3) is 0 Å². The highest BCUT2D eigenvalue weighted by molar-refractivity contribution is 6.68. The van der Waals surface area contributed by atoms with Crippen LogP contribution in [0.5, 0.6) is 0 Å². The van der Waals surface area contributed by atoms with Gasteiger partial charge in [0.2, 0.25) is 0 Å². The number of hydrogen-bond acceptors (Lipinski definition) is 5. The minimum atomic E-state index is -4.48. The van der Waals surface area contributed by atoms with Gasteiger partial charge in [0.05, 0.1) is 22.6 Å². The van der Waals surface area contributed by atoms with Crippen LogP contribution in [0.4, 0.5) is 24.5 Å². The quantitative estimate of drug-likeness (QED) is 0.556. The van der Waals surface area contributed by atoms with E-state index in [-0.39, 0.29) is 35.7 Å². The van der Waals surface area contributed by atoms with Gasteiger partial charge in [0.25, 0.3) is 0 Å². The molecule has 0 unspecified atom stereocenters. The lowest BCUT2D eigenvalue weighted by Crippen LogP contribution is -2.25. The maximum absolute atomic E-state index is 12.7. The van der Waals surface area contributed by atoms with Crippen molar-refractivity contribution in [2.24, 2.45) is 9.98 Å². The smallest absolute Gasteiger partial charge is 0.310 e. The molecule has 2 aromatic carbocycles.